The lowest BCUT2D eigenvalue weighted by Gasteiger charge is -2.30. The van der Waals surface area contributed by atoms with Crippen molar-refractivity contribution in [3.8, 4) is 0 Å². The van der Waals surface area contributed by atoms with Crippen molar-refractivity contribution < 1.29 is 19.2 Å². The van der Waals surface area contributed by atoms with Crippen LogP contribution in [0.25, 0.3) is 0 Å². The van der Waals surface area contributed by atoms with Gasteiger partial charge in [0.05, 0.1) is 5.92 Å². The van der Waals surface area contributed by atoms with Gasteiger partial charge >= 0.3 is 5.97 Å². The normalized spacial score (nSPS) is 29.4. The molecule has 0 radical (unpaired) electrons. The van der Waals surface area contributed by atoms with E-state index in [1.165, 1.54) is 17.1 Å². The fourth-order valence-electron chi connectivity index (χ4n) is 3.43. The fraction of sp³-hybridized carbons (Fsp3) is 0.688. The maximum Gasteiger partial charge on any atom is 0.328 e. The van der Waals surface area contributed by atoms with Crippen molar-refractivity contribution in [3.05, 3.63) is 12.2 Å². The second-order valence-electron chi connectivity index (χ2n) is 6.38. The van der Waals surface area contributed by atoms with Gasteiger partial charge in [-0.2, -0.15) is 0 Å². The van der Waals surface area contributed by atoms with E-state index in [0.29, 0.717) is 12.5 Å². The van der Waals surface area contributed by atoms with Gasteiger partial charge in [-0.3, -0.25) is 19.3 Å². The summed E-state index contributed by atoms with van der Waals surface area (Å²) >= 11 is 0. The average Bonchev–Trinajstić information content (AvgIpc) is 3.13. The minimum absolute atomic E-state index is 0.0417. The van der Waals surface area contributed by atoms with Crippen molar-refractivity contribution in [2.75, 3.05) is 19.6 Å². The van der Waals surface area contributed by atoms with E-state index >= 15 is 0 Å². The molecule has 2 amide bonds. The van der Waals surface area contributed by atoms with Crippen molar-refractivity contribution in [1.29, 1.82) is 0 Å². The quantitative estimate of drug-likeness (QED) is 0.732. The molecule has 0 N–H and O–H groups in total. The standard InChI is InChI=1S/C16H22N2O4/c19-14-7-8-15(20)18(14)11-12-3-5-13(6-4-12)16(21)22-17-9-1-2-10-17/h7-8,12-13H,1-6,9-11H2. The Labute approximate surface area is 130 Å². The lowest BCUT2D eigenvalue weighted by molar-refractivity contribution is -0.192. The zero-order valence-electron chi connectivity index (χ0n) is 12.7. The first-order chi connectivity index (χ1) is 10.6. The maximum absolute atomic E-state index is 12.1. The van der Waals surface area contributed by atoms with Crippen molar-refractivity contribution in [2.45, 2.75) is 38.5 Å². The summed E-state index contributed by atoms with van der Waals surface area (Å²) in [5.74, 6) is -0.305. The largest absolute Gasteiger partial charge is 0.368 e. The second-order valence-corrected chi connectivity index (χ2v) is 6.38. The minimum Gasteiger partial charge on any atom is -0.368 e. The molecule has 2 heterocycles. The van der Waals surface area contributed by atoms with Gasteiger partial charge in [-0.15, -0.1) is 5.06 Å². The van der Waals surface area contributed by atoms with Gasteiger partial charge in [0.15, 0.2) is 0 Å². The van der Waals surface area contributed by atoms with Crippen molar-refractivity contribution in [3.63, 3.8) is 0 Å². The van der Waals surface area contributed by atoms with Gasteiger partial charge in [-0.25, -0.2) is 0 Å². The highest BCUT2D eigenvalue weighted by Crippen LogP contribution is 2.31. The van der Waals surface area contributed by atoms with Crippen LogP contribution >= 0.6 is 0 Å². The molecule has 0 unspecified atom stereocenters. The summed E-state index contributed by atoms with van der Waals surface area (Å²) in [6.45, 7) is 2.15. The Morgan fingerprint density at radius 2 is 1.64 bits per heavy atom. The van der Waals surface area contributed by atoms with Crippen LogP contribution in [0, 0.1) is 11.8 Å². The number of carbonyl (C=O) groups excluding carboxylic acids is 3. The van der Waals surface area contributed by atoms with Crippen LogP contribution in [0.2, 0.25) is 0 Å². The first kappa shape index (κ1) is 15.2. The van der Waals surface area contributed by atoms with Crippen LogP contribution in [0.4, 0.5) is 0 Å². The summed E-state index contributed by atoms with van der Waals surface area (Å²) in [6, 6.07) is 0. The fourth-order valence-corrected chi connectivity index (χ4v) is 3.43. The molecule has 1 saturated carbocycles. The van der Waals surface area contributed by atoms with E-state index in [0.717, 1.165) is 51.6 Å². The number of imide groups is 1. The van der Waals surface area contributed by atoms with E-state index < -0.39 is 0 Å². The van der Waals surface area contributed by atoms with Gasteiger partial charge in [0.2, 0.25) is 0 Å². The number of rotatable bonds is 4. The Morgan fingerprint density at radius 3 is 2.23 bits per heavy atom. The molecule has 3 aliphatic rings. The molecule has 2 aliphatic heterocycles. The lowest BCUT2D eigenvalue weighted by Crippen LogP contribution is -2.37. The van der Waals surface area contributed by atoms with E-state index in [1.807, 2.05) is 0 Å². The summed E-state index contributed by atoms with van der Waals surface area (Å²) < 4.78 is 0. The van der Waals surface area contributed by atoms with E-state index in [-0.39, 0.29) is 23.7 Å². The molecule has 0 aromatic rings. The van der Waals surface area contributed by atoms with Gasteiger partial charge in [0, 0.05) is 31.8 Å². The SMILES string of the molecule is O=C(ON1CCCC1)C1CCC(CN2C(=O)C=CC2=O)CC1. The number of hydrogen-bond donors (Lipinski definition) is 0. The van der Waals surface area contributed by atoms with Gasteiger partial charge < -0.3 is 4.84 Å². The minimum atomic E-state index is -0.222. The molecule has 0 spiro atoms. The average molecular weight is 306 g/mol. The van der Waals surface area contributed by atoms with Crippen LogP contribution in [-0.2, 0) is 19.2 Å². The first-order valence-corrected chi connectivity index (χ1v) is 8.14. The molecule has 2 fully saturated rings. The number of hydrogen-bond acceptors (Lipinski definition) is 5. The zero-order chi connectivity index (χ0) is 15.5. The number of nitrogens with zero attached hydrogens (tertiary/aromatic N) is 2. The van der Waals surface area contributed by atoms with Crippen molar-refractivity contribution in [2.24, 2.45) is 11.8 Å². The molecule has 0 atom stereocenters. The van der Waals surface area contributed by atoms with Crippen LogP contribution in [0.15, 0.2) is 12.2 Å². The summed E-state index contributed by atoms with van der Waals surface area (Å²) in [7, 11) is 0. The van der Waals surface area contributed by atoms with E-state index in [9.17, 15) is 14.4 Å². The molecule has 3 rings (SSSR count). The molecular weight excluding hydrogens is 284 g/mol. The van der Waals surface area contributed by atoms with Crippen molar-refractivity contribution in [1.82, 2.24) is 9.96 Å². The third-order valence-corrected chi connectivity index (χ3v) is 4.81. The second kappa shape index (κ2) is 6.60. The summed E-state index contributed by atoms with van der Waals surface area (Å²) in [6.07, 6.45) is 8.09. The van der Waals surface area contributed by atoms with E-state index in [2.05, 4.69) is 0 Å². The summed E-state index contributed by atoms with van der Waals surface area (Å²) in [5, 5.41) is 1.77. The number of carbonyl (C=O) groups is 3. The summed E-state index contributed by atoms with van der Waals surface area (Å²) in [5.41, 5.74) is 0. The maximum atomic E-state index is 12.1. The highest BCUT2D eigenvalue weighted by Gasteiger charge is 2.32. The smallest absolute Gasteiger partial charge is 0.328 e. The molecule has 0 aromatic carbocycles. The topological polar surface area (TPSA) is 66.9 Å². The molecule has 22 heavy (non-hydrogen) atoms. The van der Waals surface area contributed by atoms with Gasteiger partial charge in [-0.1, -0.05) is 0 Å². The summed E-state index contributed by atoms with van der Waals surface area (Å²) in [4.78, 5) is 42.0. The highest BCUT2D eigenvalue weighted by molar-refractivity contribution is 6.12. The molecule has 6 heteroatoms. The number of hydroxylamine groups is 2. The molecule has 6 nitrogen and oxygen atoms in total. The molecule has 120 valence electrons. The monoisotopic (exact) mass is 306 g/mol. The third-order valence-electron chi connectivity index (χ3n) is 4.81. The first-order valence-electron chi connectivity index (χ1n) is 8.14. The van der Waals surface area contributed by atoms with Crippen LogP contribution in [0.5, 0.6) is 0 Å². The van der Waals surface area contributed by atoms with Gasteiger partial charge in [-0.05, 0) is 44.4 Å². The third kappa shape index (κ3) is 3.38. The number of amides is 2. The van der Waals surface area contributed by atoms with Crippen molar-refractivity contribution >= 4 is 17.8 Å². The predicted octanol–water partition coefficient (Wildman–Crippen LogP) is 1.27. The Bertz CT molecular complexity index is 470. The van der Waals surface area contributed by atoms with Crippen LogP contribution in [-0.4, -0.2) is 47.4 Å². The lowest BCUT2D eigenvalue weighted by atomic mass is 9.82. The Hall–Kier alpha value is -1.69. The molecule has 0 bridgehead atoms. The van der Waals surface area contributed by atoms with E-state index in [1.54, 1.807) is 5.06 Å². The Balaban J connectivity index is 1.43. The Kier molecular flexibility index (Phi) is 4.57. The van der Waals surface area contributed by atoms with Crippen LogP contribution in [0.1, 0.15) is 38.5 Å². The van der Waals surface area contributed by atoms with E-state index in [4.69, 9.17) is 4.84 Å². The van der Waals surface area contributed by atoms with Crippen LogP contribution in [0.3, 0.4) is 0 Å². The molecular formula is C16H22N2O4. The molecule has 1 saturated heterocycles. The molecule has 0 aromatic heterocycles. The van der Waals surface area contributed by atoms with Crippen LogP contribution < -0.4 is 0 Å². The predicted molar refractivity (Wildman–Crippen MR) is 78.2 cm³/mol. The zero-order valence-corrected chi connectivity index (χ0v) is 12.7. The van der Waals surface area contributed by atoms with Gasteiger partial charge in [0.25, 0.3) is 11.8 Å². The molecule has 1 aliphatic carbocycles. The Morgan fingerprint density at radius 1 is 1.05 bits per heavy atom. The highest BCUT2D eigenvalue weighted by atomic mass is 16.7. The van der Waals surface area contributed by atoms with Gasteiger partial charge in [0.1, 0.15) is 0 Å².